The zero-order valence-corrected chi connectivity index (χ0v) is 10.8. The third kappa shape index (κ3) is 3.94. The smallest absolute Gasteiger partial charge is 0.251 e. The van der Waals surface area contributed by atoms with Crippen LogP contribution in [0.15, 0.2) is 48.8 Å². The monoisotopic (exact) mass is 266 g/mol. The molecule has 0 radical (unpaired) electrons. The van der Waals surface area contributed by atoms with Crippen molar-refractivity contribution in [2.45, 2.75) is 6.54 Å². The molecule has 0 bridgehead atoms. The first kappa shape index (κ1) is 13.8. The highest BCUT2D eigenvalue weighted by molar-refractivity contribution is 5.93. The number of amides is 1. The Morgan fingerprint density at radius 2 is 2.05 bits per heavy atom. The molecule has 2 N–H and O–H groups in total. The lowest BCUT2D eigenvalue weighted by Gasteiger charge is -2.05. The molecule has 4 heteroatoms. The van der Waals surface area contributed by atoms with Crippen LogP contribution in [0.2, 0.25) is 0 Å². The fourth-order valence-electron chi connectivity index (χ4n) is 1.69. The number of rotatable bonds is 3. The lowest BCUT2D eigenvalue weighted by atomic mass is 10.1. The molecule has 0 saturated carbocycles. The summed E-state index contributed by atoms with van der Waals surface area (Å²) in [5.41, 5.74) is 2.35. The van der Waals surface area contributed by atoms with Gasteiger partial charge >= 0.3 is 0 Å². The number of aliphatic hydroxyl groups excluding tert-OH is 1. The molecule has 0 spiro atoms. The maximum absolute atomic E-state index is 11.9. The Balaban J connectivity index is 1.99. The van der Waals surface area contributed by atoms with Gasteiger partial charge in [-0.05, 0) is 29.8 Å². The van der Waals surface area contributed by atoms with Gasteiger partial charge in [0.1, 0.15) is 6.61 Å². The molecule has 0 aliphatic heterocycles. The van der Waals surface area contributed by atoms with Crippen LogP contribution in [-0.2, 0) is 6.54 Å². The fourth-order valence-corrected chi connectivity index (χ4v) is 1.69. The van der Waals surface area contributed by atoms with Crippen molar-refractivity contribution in [3.8, 4) is 11.8 Å². The van der Waals surface area contributed by atoms with Crippen molar-refractivity contribution >= 4 is 5.91 Å². The van der Waals surface area contributed by atoms with E-state index in [1.165, 1.54) is 0 Å². The van der Waals surface area contributed by atoms with Crippen LogP contribution in [0, 0.1) is 11.8 Å². The second-order valence-electron chi connectivity index (χ2n) is 4.08. The van der Waals surface area contributed by atoms with Gasteiger partial charge in [0, 0.05) is 30.1 Å². The lowest BCUT2D eigenvalue weighted by molar-refractivity contribution is 0.0951. The van der Waals surface area contributed by atoms with Gasteiger partial charge in [0.15, 0.2) is 0 Å². The third-order valence-electron chi connectivity index (χ3n) is 2.63. The molecule has 4 nitrogen and oxygen atoms in total. The Labute approximate surface area is 117 Å². The Hall–Kier alpha value is -2.64. The van der Waals surface area contributed by atoms with Gasteiger partial charge in [-0.1, -0.05) is 24.0 Å². The number of nitrogens with zero attached hydrogens (tertiary/aromatic N) is 1. The van der Waals surface area contributed by atoms with Crippen LogP contribution in [0.5, 0.6) is 0 Å². The molecule has 100 valence electrons. The maximum atomic E-state index is 11.9. The number of benzene rings is 1. The first-order valence-corrected chi connectivity index (χ1v) is 6.16. The molecule has 0 atom stereocenters. The zero-order valence-electron chi connectivity index (χ0n) is 10.8. The second-order valence-corrected chi connectivity index (χ2v) is 4.08. The van der Waals surface area contributed by atoms with E-state index in [2.05, 4.69) is 22.1 Å². The zero-order chi connectivity index (χ0) is 14.2. The van der Waals surface area contributed by atoms with Crippen LogP contribution in [0.3, 0.4) is 0 Å². The SMILES string of the molecule is O=C(NCc1cccc(C#CCO)c1)c1ccncc1. The van der Waals surface area contributed by atoms with Crippen molar-refractivity contribution in [1.29, 1.82) is 0 Å². The number of hydrogen-bond acceptors (Lipinski definition) is 3. The molecule has 1 aromatic heterocycles. The summed E-state index contributed by atoms with van der Waals surface area (Å²) in [5.74, 6) is 5.29. The highest BCUT2D eigenvalue weighted by Gasteiger charge is 2.04. The molecule has 0 saturated heterocycles. The van der Waals surface area contributed by atoms with E-state index < -0.39 is 0 Å². The van der Waals surface area contributed by atoms with Gasteiger partial charge in [0.25, 0.3) is 5.91 Å². The van der Waals surface area contributed by atoms with Gasteiger partial charge in [0.2, 0.25) is 0 Å². The normalized spacial score (nSPS) is 9.45. The largest absolute Gasteiger partial charge is 0.384 e. The lowest BCUT2D eigenvalue weighted by Crippen LogP contribution is -2.22. The first-order valence-electron chi connectivity index (χ1n) is 6.16. The van der Waals surface area contributed by atoms with E-state index in [1.54, 1.807) is 24.5 Å². The predicted octanol–water partition coefficient (Wildman–Crippen LogP) is 1.36. The second kappa shape index (κ2) is 7.07. The molecule has 1 aromatic carbocycles. The Morgan fingerprint density at radius 3 is 2.80 bits per heavy atom. The summed E-state index contributed by atoms with van der Waals surface area (Å²) in [6, 6.07) is 10.9. The van der Waals surface area contributed by atoms with Crippen molar-refractivity contribution in [3.63, 3.8) is 0 Å². The predicted molar refractivity (Wildman–Crippen MR) is 75.8 cm³/mol. The van der Waals surface area contributed by atoms with E-state index >= 15 is 0 Å². The number of carbonyl (C=O) groups excluding carboxylic acids is 1. The number of carbonyl (C=O) groups is 1. The van der Waals surface area contributed by atoms with Gasteiger partial charge in [-0.15, -0.1) is 0 Å². The number of hydrogen-bond donors (Lipinski definition) is 2. The van der Waals surface area contributed by atoms with Gasteiger partial charge < -0.3 is 10.4 Å². The molecule has 0 aliphatic rings. The van der Waals surface area contributed by atoms with E-state index in [9.17, 15) is 4.79 Å². The van der Waals surface area contributed by atoms with E-state index in [-0.39, 0.29) is 12.5 Å². The quantitative estimate of drug-likeness (QED) is 0.824. The molecule has 20 heavy (non-hydrogen) atoms. The molecule has 0 unspecified atom stereocenters. The van der Waals surface area contributed by atoms with Crippen LogP contribution in [-0.4, -0.2) is 22.6 Å². The highest BCUT2D eigenvalue weighted by Crippen LogP contribution is 2.04. The number of aliphatic hydroxyl groups is 1. The first-order chi connectivity index (χ1) is 9.79. The van der Waals surface area contributed by atoms with E-state index in [0.717, 1.165) is 11.1 Å². The van der Waals surface area contributed by atoms with Crippen LogP contribution in [0.1, 0.15) is 21.5 Å². The minimum atomic E-state index is -0.164. The molecule has 0 aliphatic carbocycles. The topological polar surface area (TPSA) is 62.2 Å². The van der Waals surface area contributed by atoms with Crippen LogP contribution >= 0.6 is 0 Å². The summed E-state index contributed by atoms with van der Waals surface area (Å²) in [6.45, 7) is 0.263. The van der Waals surface area contributed by atoms with Crippen molar-refractivity contribution in [1.82, 2.24) is 10.3 Å². The summed E-state index contributed by atoms with van der Waals surface area (Å²) >= 11 is 0. The molecular formula is C16H14N2O2. The Morgan fingerprint density at radius 1 is 1.25 bits per heavy atom. The van der Waals surface area contributed by atoms with Gasteiger partial charge in [-0.2, -0.15) is 0 Å². The van der Waals surface area contributed by atoms with Gasteiger partial charge in [-0.25, -0.2) is 0 Å². The molecular weight excluding hydrogens is 252 g/mol. The van der Waals surface area contributed by atoms with Crippen molar-refractivity contribution in [3.05, 3.63) is 65.5 Å². The van der Waals surface area contributed by atoms with Gasteiger partial charge in [-0.3, -0.25) is 9.78 Å². The summed E-state index contributed by atoms with van der Waals surface area (Å²) in [5, 5.41) is 11.5. The van der Waals surface area contributed by atoms with Crippen LogP contribution < -0.4 is 5.32 Å². The average Bonchev–Trinajstić information content (AvgIpc) is 2.52. The minimum Gasteiger partial charge on any atom is -0.384 e. The number of nitrogens with one attached hydrogen (secondary N) is 1. The third-order valence-corrected chi connectivity index (χ3v) is 2.63. The van der Waals surface area contributed by atoms with E-state index in [0.29, 0.717) is 12.1 Å². The van der Waals surface area contributed by atoms with E-state index in [4.69, 9.17) is 5.11 Å². The molecule has 0 fully saturated rings. The molecule has 1 amide bonds. The maximum Gasteiger partial charge on any atom is 0.251 e. The molecule has 2 aromatic rings. The highest BCUT2D eigenvalue weighted by atomic mass is 16.2. The minimum absolute atomic E-state index is 0.140. The summed E-state index contributed by atoms with van der Waals surface area (Å²) < 4.78 is 0. The van der Waals surface area contributed by atoms with Crippen molar-refractivity contribution in [2.75, 3.05) is 6.61 Å². The molecule has 2 rings (SSSR count). The van der Waals surface area contributed by atoms with E-state index in [1.807, 2.05) is 24.3 Å². The standard InChI is InChI=1S/C16H14N2O2/c19-10-2-5-13-3-1-4-14(11-13)12-18-16(20)15-6-8-17-9-7-15/h1,3-4,6-9,11,19H,10,12H2,(H,18,20). The van der Waals surface area contributed by atoms with Crippen molar-refractivity contribution < 1.29 is 9.90 Å². The summed E-state index contributed by atoms with van der Waals surface area (Å²) in [4.78, 5) is 15.7. The fraction of sp³-hybridized carbons (Fsp3) is 0.125. The average molecular weight is 266 g/mol. The van der Waals surface area contributed by atoms with Crippen LogP contribution in [0.25, 0.3) is 0 Å². The van der Waals surface area contributed by atoms with Crippen LogP contribution in [0.4, 0.5) is 0 Å². The number of pyridine rings is 1. The van der Waals surface area contributed by atoms with Crippen molar-refractivity contribution in [2.24, 2.45) is 0 Å². The Bertz CT molecular complexity index is 642. The van der Waals surface area contributed by atoms with Gasteiger partial charge in [0.05, 0.1) is 0 Å². The Kier molecular flexibility index (Phi) is 4.87. The number of aromatic nitrogens is 1. The molecule has 1 heterocycles. The summed E-state index contributed by atoms with van der Waals surface area (Å²) in [7, 11) is 0. The summed E-state index contributed by atoms with van der Waals surface area (Å²) in [6.07, 6.45) is 3.17.